The van der Waals surface area contributed by atoms with Gasteiger partial charge in [-0.3, -0.25) is 23.6 Å². The number of allylic oxidation sites excluding steroid dienone is 10. The number of nitrogens with zero attached hydrogens (tertiary/aromatic N) is 1. The Bertz CT molecular complexity index is 1520. The minimum Gasteiger partial charge on any atom is -0.462 e. The fourth-order valence-corrected chi connectivity index (χ4v) is 9.29. The number of aliphatic imine (C=N–C) groups is 1. The number of carbonyl (C=O) groups excluding carboxylic acids is 2. The summed E-state index contributed by atoms with van der Waals surface area (Å²) in [4.78, 5) is 40.2. The lowest BCUT2D eigenvalue weighted by Gasteiger charge is -2.32. The maximum Gasteiger partial charge on any atom is 0.472 e. The van der Waals surface area contributed by atoms with Gasteiger partial charge in [-0.25, -0.2) is 4.57 Å². The molecule has 2 unspecified atom stereocenters. The topological polar surface area (TPSA) is 121 Å². The lowest BCUT2D eigenvalue weighted by Crippen LogP contribution is -2.29. The van der Waals surface area contributed by atoms with Crippen molar-refractivity contribution in [1.29, 1.82) is 0 Å². The van der Waals surface area contributed by atoms with Gasteiger partial charge in [-0.2, -0.15) is 0 Å². The molecule has 2 atom stereocenters. The zero-order valence-corrected chi connectivity index (χ0v) is 45.0. The zero-order chi connectivity index (χ0) is 49.3. The summed E-state index contributed by atoms with van der Waals surface area (Å²) in [6.45, 7) is 14.8. The lowest BCUT2D eigenvalue weighted by molar-refractivity contribution is -0.161. The van der Waals surface area contributed by atoms with Crippen LogP contribution in [0.25, 0.3) is 0 Å². The van der Waals surface area contributed by atoms with Gasteiger partial charge in [0.25, 0.3) is 0 Å². The molecule has 0 bridgehead atoms. The number of phosphoric ester groups is 1. The third-order valence-corrected chi connectivity index (χ3v) is 13.8. The van der Waals surface area contributed by atoms with Crippen LogP contribution < -0.4 is 0 Å². The molecule has 0 aromatic carbocycles. The highest BCUT2D eigenvalue weighted by atomic mass is 31.2. The van der Waals surface area contributed by atoms with E-state index >= 15 is 0 Å². The summed E-state index contributed by atoms with van der Waals surface area (Å²) >= 11 is 0. The second kappa shape index (κ2) is 41.2. The molecule has 0 saturated carbocycles. The first-order chi connectivity index (χ1) is 32.3. The first-order valence-corrected chi connectivity index (χ1v) is 28.7. The van der Waals surface area contributed by atoms with Gasteiger partial charge >= 0.3 is 19.8 Å². The Labute approximate surface area is 411 Å². The van der Waals surface area contributed by atoms with Crippen LogP contribution in [0.15, 0.2) is 63.7 Å². The molecule has 1 aliphatic rings. The van der Waals surface area contributed by atoms with Crippen LogP contribution in [0, 0.1) is 5.41 Å². The maximum absolute atomic E-state index is 12.8. The lowest BCUT2D eigenvalue weighted by atomic mass is 9.72. The van der Waals surface area contributed by atoms with Crippen LogP contribution in [-0.4, -0.2) is 55.5 Å². The predicted octanol–water partition coefficient (Wildman–Crippen LogP) is 17.1. The normalized spacial score (nSPS) is 16.1. The van der Waals surface area contributed by atoms with E-state index in [1.807, 2.05) is 25.2 Å². The first kappa shape index (κ1) is 62.4. The highest BCUT2D eigenvalue weighted by Crippen LogP contribution is 2.43. The van der Waals surface area contributed by atoms with Gasteiger partial charge in [-0.05, 0) is 75.5 Å². The summed E-state index contributed by atoms with van der Waals surface area (Å²) in [6, 6.07) is 0. The third-order valence-electron chi connectivity index (χ3n) is 12.8. The molecule has 0 heterocycles. The number of phosphoric acid groups is 1. The largest absolute Gasteiger partial charge is 0.472 e. The number of esters is 2. The third kappa shape index (κ3) is 37.0. The van der Waals surface area contributed by atoms with Crippen LogP contribution in [0.4, 0.5) is 0 Å². The van der Waals surface area contributed by atoms with E-state index in [-0.39, 0.29) is 44.0 Å². The van der Waals surface area contributed by atoms with Gasteiger partial charge in [-0.15, -0.1) is 0 Å². The number of carbonyl (C=O) groups is 2. The highest BCUT2D eigenvalue weighted by Gasteiger charge is 2.27. The van der Waals surface area contributed by atoms with Gasteiger partial charge in [0.1, 0.15) is 6.61 Å². The molecule has 0 amide bonds. The molecule has 0 spiro atoms. The summed E-state index contributed by atoms with van der Waals surface area (Å²) < 4.78 is 34.3. The molecule has 67 heavy (non-hydrogen) atoms. The molecule has 9 nitrogen and oxygen atoms in total. The minimum atomic E-state index is -4.50. The van der Waals surface area contributed by atoms with Crippen molar-refractivity contribution in [3.8, 4) is 0 Å². The standard InChI is InChI=1S/C57H100NO8P/c1-8-10-12-14-16-18-20-22-24-26-28-30-32-39-55(59)63-48-53(66-56(60)40-33-31-29-27-25-23-21-19-17-15-13-11-9-2)49-65-67(61,62)64-47-46-58-45-43-51(4)37-34-36-50(3)41-42-54-52(5)38-35-44-57(54,6)7/h34,36-37,41-43,45,53H,8-33,35,38-40,44,46-49H2,1-7H3,(H,61,62)/b37-34+,42-41+,50-36+,51-43+,58-45+. The quantitative estimate of drug-likeness (QED) is 0.0211. The van der Waals surface area contributed by atoms with E-state index in [1.54, 1.807) is 6.21 Å². The van der Waals surface area contributed by atoms with E-state index in [9.17, 15) is 19.0 Å². The van der Waals surface area contributed by atoms with Crippen molar-refractivity contribution in [2.45, 2.75) is 254 Å². The van der Waals surface area contributed by atoms with Gasteiger partial charge in [0.05, 0.1) is 19.8 Å². The molecule has 1 N–H and O–H groups in total. The van der Waals surface area contributed by atoms with E-state index in [1.165, 1.54) is 158 Å². The van der Waals surface area contributed by atoms with E-state index < -0.39 is 26.5 Å². The van der Waals surface area contributed by atoms with E-state index in [0.717, 1.165) is 44.1 Å². The average Bonchev–Trinajstić information content (AvgIpc) is 3.28. The monoisotopic (exact) mass is 958 g/mol. The van der Waals surface area contributed by atoms with Crippen molar-refractivity contribution >= 4 is 26.0 Å². The van der Waals surface area contributed by atoms with Crippen LogP contribution in [0.2, 0.25) is 0 Å². The molecule has 0 radical (unpaired) electrons. The van der Waals surface area contributed by atoms with E-state index in [4.69, 9.17) is 18.5 Å². The van der Waals surface area contributed by atoms with Gasteiger partial charge in [0, 0.05) is 19.1 Å². The van der Waals surface area contributed by atoms with Crippen LogP contribution in [0.3, 0.4) is 0 Å². The predicted molar refractivity (Wildman–Crippen MR) is 283 cm³/mol. The average molecular weight is 958 g/mol. The van der Waals surface area contributed by atoms with Crippen molar-refractivity contribution in [3.63, 3.8) is 0 Å². The van der Waals surface area contributed by atoms with Crippen LogP contribution in [0.5, 0.6) is 0 Å². The number of unbranched alkanes of at least 4 members (excludes halogenated alkanes) is 24. The molecule has 0 aromatic rings. The van der Waals surface area contributed by atoms with Crippen molar-refractivity contribution in [1.82, 2.24) is 0 Å². The molecular formula is C57H100NO8P. The fraction of sp³-hybridized carbons (Fsp3) is 0.772. The molecule has 1 rings (SSSR count). The Balaban J connectivity index is 2.52. The number of hydrogen-bond acceptors (Lipinski definition) is 8. The van der Waals surface area contributed by atoms with Crippen molar-refractivity contribution < 1.29 is 37.6 Å². The molecule has 386 valence electrons. The maximum atomic E-state index is 12.8. The molecule has 0 aromatic heterocycles. The molecule has 0 aliphatic heterocycles. The molecule has 0 saturated heterocycles. The molecule has 10 heteroatoms. The highest BCUT2D eigenvalue weighted by molar-refractivity contribution is 7.47. The van der Waals surface area contributed by atoms with Crippen molar-refractivity contribution in [2.75, 3.05) is 26.4 Å². The van der Waals surface area contributed by atoms with Crippen LogP contribution >= 0.6 is 7.82 Å². The smallest absolute Gasteiger partial charge is 0.462 e. The Hall–Kier alpha value is -2.58. The van der Waals surface area contributed by atoms with Crippen LogP contribution in [-0.2, 0) is 32.7 Å². The summed E-state index contributed by atoms with van der Waals surface area (Å²) in [5.74, 6) is -0.826. The Morgan fingerprint density at radius 2 is 1.15 bits per heavy atom. The summed E-state index contributed by atoms with van der Waals surface area (Å²) in [6.07, 6.45) is 48.7. The van der Waals surface area contributed by atoms with Gasteiger partial charge in [0.2, 0.25) is 0 Å². The second-order valence-electron chi connectivity index (χ2n) is 19.9. The van der Waals surface area contributed by atoms with E-state index in [0.29, 0.717) is 6.42 Å². The summed E-state index contributed by atoms with van der Waals surface area (Å²) in [5.41, 5.74) is 5.32. The molecular weight excluding hydrogens is 858 g/mol. The van der Waals surface area contributed by atoms with Crippen molar-refractivity contribution in [3.05, 3.63) is 58.7 Å². The number of rotatable bonds is 43. The SMILES string of the molecule is CCCCCCCCCCCCCCCC(=O)OCC(COP(=O)(O)OCC/N=C/C=C(C)/C=C/C=C(C)/C=C/C1=C(C)CCCC1(C)C)OC(=O)CCCCCCCCCCCCCCC. The number of hydrogen-bond donors (Lipinski definition) is 1. The zero-order valence-electron chi connectivity index (χ0n) is 44.1. The van der Waals surface area contributed by atoms with Crippen LogP contribution in [0.1, 0.15) is 248 Å². The molecule has 1 aliphatic carbocycles. The Morgan fingerprint density at radius 1 is 0.672 bits per heavy atom. The summed E-state index contributed by atoms with van der Waals surface area (Å²) in [7, 11) is -4.50. The fourth-order valence-electron chi connectivity index (χ4n) is 8.55. The Morgan fingerprint density at radius 3 is 1.66 bits per heavy atom. The molecule has 0 fully saturated rings. The van der Waals surface area contributed by atoms with Gasteiger partial charge < -0.3 is 14.4 Å². The van der Waals surface area contributed by atoms with E-state index in [2.05, 4.69) is 64.8 Å². The summed E-state index contributed by atoms with van der Waals surface area (Å²) in [5, 5.41) is 0. The second-order valence-corrected chi connectivity index (χ2v) is 21.3. The minimum absolute atomic E-state index is 0.144. The van der Waals surface area contributed by atoms with Crippen molar-refractivity contribution in [2.24, 2.45) is 10.4 Å². The van der Waals surface area contributed by atoms with Gasteiger partial charge in [-0.1, -0.05) is 223 Å². The first-order valence-electron chi connectivity index (χ1n) is 27.2. The Kier molecular flexibility index (Phi) is 38.4. The number of ether oxygens (including phenoxy) is 2. The van der Waals surface area contributed by atoms with Gasteiger partial charge in [0.15, 0.2) is 6.10 Å².